The quantitative estimate of drug-likeness (QED) is 0.890. The zero-order valence-corrected chi connectivity index (χ0v) is 11.0. The highest BCUT2D eigenvalue weighted by Crippen LogP contribution is 2.30. The minimum Gasteiger partial charge on any atom is -0.381 e. The molecule has 94 valence electrons. The molecule has 0 aliphatic carbocycles. The molecule has 1 aromatic carbocycles. The molecule has 2 heterocycles. The van der Waals surface area contributed by atoms with Gasteiger partial charge in [-0.05, 0) is 44.0 Å². The molecule has 0 amide bonds. The van der Waals surface area contributed by atoms with E-state index in [0.717, 1.165) is 5.69 Å². The van der Waals surface area contributed by atoms with Gasteiger partial charge in [-0.3, -0.25) is 4.90 Å². The summed E-state index contributed by atoms with van der Waals surface area (Å²) in [5, 5.41) is 13.1. The number of anilines is 1. The summed E-state index contributed by atoms with van der Waals surface area (Å²) in [6, 6.07) is 8.91. The highest BCUT2D eigenvalue weighted by molar-refractivity contribution is 6.31. The van der Waals surface area contributed by atoms with Crippen molar-refractivity contribution in [2.45, 2.75) is 31.3 Å². The average Bonchev–Trinajstić information content (AvgIpc) is 2.96. The van der Waals surface area contributed by atoms with E-state index in [1.807, 2.05) is 12.1 Å². The second kappa shape index (κ2) is 4.79. The number of hydrogen-bond donors (Lipinski definition) is 1. The maximum atomic E-state index is 8.98. The van der Waals surface area contributed by atoms with E-state index in [-0.39, 0.29) is 0 Å². The SMILES string of the molecule is N#Cc1cc(NC2CCN3CCCC23)ccc1Cl. The molecular weight excluding hydrogens is 246 g/mol. The first kappa shape index (κ1) is 11.8. The molecule has 2 aliphatic heterocycles. The van der Waals surface area contributed by atoms with Gasteiger partial charge in [0, 0.05) is 24.3 Å². The van der Waals surface area contributed by atoms with Crippen molar-refractivity contribution >= 4 is 17.3 Å². The molecule has 3 nitrogen and oxygen atoms in total. The molecule has 2 fully saturated rings. The molecule has 3 rings (SSSR count). The summed E-state index contributed by atoms with van der Waals surface area (Å²) in [5.41, 5.74) is 1.55. The van der Waals surface area contributed by atoms with Gasteiger partial charge in [0.05, 0.1) is 10.6 Å². The normalized spacial score (nSPS) is 26.9. The van der Waals surface area contributed by atoms with Gasteiger partial charge in [0.15, 0.2) is 0 Å². The fourth-order valence-electron chi connectivity index (χ4n) is 3.17. The van der Waals surface area contributed by atoms with Crippen LogP contribution in [0.15, 0.2) is 18.2 Å². The van der Waals surface area contributed by atoms with Crippen LogP contribution in [0.25, 0.3) is 0 Å². The Kier molecular flexibility index (Phi) is 3.15. The summed E-state index contributed by atoms with van der Waals surface area (Å²) in [7, 11) is 0. The Morgan fingerprint density at radius 1 is 1.33 bits per heavy atom. The lowest BCUT2D eigenvalue weighted by Crippen LogP contribution is -2.33. The number of nitrogens with zero attached hydrogens (tertiary/aromatic N) is 2. The fraction of sp³-hybridized carbons (Fsp3) is 0.500. The van der Waals surface area contributed by atoms with Gasteiger partial charge < -0.3 is 5.32 Å². The van der Waals surface area contributed by atoms with Crippen LogP contribution in [0.3, 0.4) is 0 Å². The van der Waals surface area contributed by atoms with Crippen molar-refractivity contribution in [2.24, 2.45) is 0 Å². The molecule has 0 spiro atoms. The van der Waals surface area contributed by atoms with E-state index in [1.54, 1.807) is 6.07 Å². The van der Waals surface area contributed by atoms with Crippen molar-refractivity contribution in [3.63, 3.8) is 0 Å². The van der Waals surface area contributed by atoms with Crippen molar-refractivity contribution in [1.82, 2.24) is 4.90 Å². The van der Waals surface area contributed by atoms with Crippen LogP contribution in [-0.4, -0.2) is 30.1 Å². The van der Waals surface area contributed by atoms with E-state index in [0.29, 0.717) is 22.7 Å². The maximum absolute atomic E-state index is 8.98. The van der Waals surface area contributed by atoms with E-state index in [2.05, 4.69) is 16.3 Å². The van der Waals surface area contributed by atoms with Crippen molar-refractivity contribution in [1.29, 1.82) is 5.26 Å². The van der Waals surface area contributed by atoms with Gasteiger partial charge >= 0.3 is 0 Å². The molecule has 0 aromatic heterocycles. The van der Waals surface area contributed by atoms with Crippen molar-refractivity contribution in [3.05, 3.63) is 28.8 Å². The monoisotopic (exact) mass is 261 g/mol. The topological polar surface area (TPSA) is 39.1 Å². The number of nitriles is 1. The van der Waals surface area contributed by atoms with Gasteiger partial charge in [0.1, 0.15) is 6.07 Å². The summed E-state index contributed by atoms with van der Waals surface area (Å²) < 4.78 is 0. The van der Waals surface area contributed by atoms with Gasteiger partial charge in [-0.1, -0.05) is 11.6 Å². The molecule has 0 saturated carbocycles. The van der Waals surface area contributed by atoms with Crippen LogP contribution in [0.1, 0.15) is 24.8 Å². The Morgan fingerprint density at radius 2 is 2.22 bits per heavy atom. The van der Waals surface area contributed by atoms with Gasteiger partial charge in [0.2, 0.25) is 0 Å². The van der Waals surface area contributed by atoms with Crippen LogP contribution in [-0.2, 0) is 0 Å². The minimum atomic E-state index is 0.514. The van der Waals surface area contributed by atoms with Crippen LogP contribution in [0, 0.1) is 11.3 Å². The largest absolute Gasteiger partial charge is 0.381 e. The number of halogens is 1. The molecule has 18 heavy (non-hydrogen) atoms. The molecule has 1 N–H and O–H groups in total. The predicted octanol–water partition coefficient (Wildman–Crippen LogP) is 2.86. The van der Waals surface area contributed by atoms with Crippen molar-refractivity contribution < 1.29 is 0 Å². The zero-order valence-electron chi connectivity index (χ0n) is 10.2. The number of nitrogens with one attached hydrogen (secondary N) is 1. The molecule has 2 unspecified atom stereocenters. The van der Waals surface area contributed by atoms with Gasteiger partial charge in [-0.25, -0.2) is 0 Å². The molecule has 0 bridgehead atoms. The van der Waals surface area contributed by atoms with Gasteiger partial charge in [-0.2, -0.15) is 5.26 Å². The Hall–Kier alpha value is -1.24. The maximum Gasteiger partial charge on any atom is 0.101 e. The summed E-state index contributed by atoms with van der Waals surface area (Å²) in [4.78, 5) is 2.57. The van der Waals surface area contributed by atoms with E-state index in [1.165, 1.54) is 32.4 Å². The third kappa shape index (κ3) is 2.07. The number of fused-ring (bicyclic) bond motifs is 1. The van der Waals surface area contributed by atoms with Crippen molar-refractivity contribution in [2.75, 3.05) is 18.4 Å². The van der Waals surface area contributed by atoms with Crippen LogP contribution >= 0.6 is 11.6 Å². The highest BCUT2D eigenvalue weighted by Gasteiger charge is 2.36. The van der Waals surface area contributed by atoms with E-state index >= 15 is 0 Å². The Morgan fingerprint density at radius 3 is 3.06 bits per heavy atom. The average molecular weight is 262 g/mol. The highest BCUT2D eigenvalue weighted by atomic mass is 35.5. The fourth-order valence-corrected chi connectivity index (χ4v) is 3.33. The lowest BCUT2D eigenvalue weighted by Gasteiger charge is -2.22. The molecule has 2 aliphatic rings. The van der Waals surface area contributed by atoms with Crippen LogP contribution in [0.4, 0.5) is 5.69 Å². The van der Waals surface area contributed by atoms with Crippen molar-refractivity contribution in [3.8, 4) is 6.07 Å². The first-order valence-electron chi connectivity index (χ1n) is 6.48. The number of hydrogen-bond acceptors (Lipinski definition) is 3. The third-order valence-corrected chi connectivity index (χ3v) is 4.37. The summed E-state index contributed by atoms with van der Waals surface area (Å²) in [6.45, 7) is 2.44. The summed E-state index contributed by atoms with van der Waals surface area (Å²) in [5.74, 6) is 0. The predicted molar refractivity (Wildman–Crippen MR) is 72.8 cm³/mol. The molecule has 4 heteroatoms. The smallest absolute Gasteiger partial charge is 0.101 e. The second-order valence-electron chi connectivity index (χ2n) is 5.09. The second-order valence-corrected chi connectivity index (χ2v) is 5.50. The Bertz CT molecular complexity index is 494. The van der Waals surface area contributed by atoms with E-state index < -0.39 is 0 Å². The molecule has 0 radical (unpaired) electrons. The van der Waals surface area contributed by atoms with E-state index in [4.69, 9.17) is 16.9 Å². The van der Waals surface area contributed by atoms with Crippen LogP contribution < -0.4 is 5.32 Å². The lowest BCUT2D eigenvalue weighted by molar-refractivity contribution is 0.318. The molecule has 2 atom stereocenters. The standard InChI is InChI=1S/C14H16ClN3/c15-12-4-3-11(8-10(12)9-16)17-13-5-7-18-6-1-2-14(13)18/h3-4,8,13-14,17H,1-2,5-7H2. The van der Waals surface area contributed by atoms with E-state index in [9.17, 15) is 0 Å². The van der Waals surface area contributed by atoms with Gasteiger partial charge in [-0.15, -0.1) is 0 Å². The first-order valence-corrected chi connectivity index (χ1v) is 6.86. The van der Waals surface area contributed by atoms with Crippen LogP contribution in [0.5, 0.6) is 0 Å². The number of rotatable bonds is 2. The number of benzene rings is 1. The third-order valence-electron chi connectivity index (χ3n) is 4.04. The first-order chi connectivity index (χ1) is 8.78. The Labute approximate surface area is 112 Å². The molecule has 1 aromatic rings. The summed E-state index contributed by atoms with van der Waals surface area (Å²) >= 11 is 5.94. The molecular formula is C14H16ClN3. The van der Waals surface area contributed by atoms with Gasteiger partial charge in [0.25, 0.3) is 0 Å². The molecule has 2 saturated heterocycles. The lowest BCUT2D eigenvalue weighted by atomic mass is 10.1. The zero-order chi connectivity index (χ0) is 12.5. The Balaban J connectivity index is 1.75. The summed E-state index contributed by atoms with van der Waals surface area (Å²) in [6.07, 6.45) is 3.79. The minimum absolute atomic E-state index is 0.514. The van der Waals surface area contributed by atoms with Crippen LogP contribution in [0.2, 0.25) is 5.02 Å².